The Balaban J connectivity index is 1.11. The lowest BCUT2D eigenvalue weighted by atomic mass is 9.51. The zero-order valence-electron chi connectivity index (χ0n) is 31.8. The summed E-state index contributed by atoms with van der Waals surface area (Å²) in [5.74, 6) is 3.63. The Morgan fingerprint density at radius 2 is 0.625 bits per heavy atom. The molecule has 1 fully saturated rings. The van der Waals surface area contributed by atoms with Gasteiger partial charge in [0.2, 0.25) is 0 Å². The Hall–Kier alpha value is 1.36. The number of hydrogen-bond donors (Lipinski definition) is 0. The Morgan fingerprint density at radius 1 is 0.375 bits per heavy atom. The van der Waals surface area contributed by atoms with Crippen LogP contribution in [0, 0.1) is 0 Å². The first-order chi connectivity index (χ1) is 27.6. The van der Waals surface area contributed by atoms with Crippen molar-refractivity contribution in [1.82, 2.24) is 0 Å². The van der Waals surface area contributed by atoms with Gasteiger partial charge in [0.15, 0.2) is 0 Å². The molecule has 18 heteroatoms. The Bertz CT molecular complexity index is 1490. The first kappa shape index (κ1) is 44.0. The minimum atomic E-state index is -0.169. The van der Waals surface area contributed by atoms with Gasteiger partial charge in [-0.1, -0.05) is 60.9 Å². The maximum Gasteiger partial charge on any atom is 0.0963 e. The molecular formula is C38H50O8S10. The fraction of sp³-hybridized carbons (Fsp3) is 0.684. The van der Waals surface area contributed by atoms with E-state index in [0.717, 1.165) is 23.0 Å². The van der Waals surface area contributed by atoms with Crippen molar-refractivity contribution in [3.05, 3.63) is 49.6 Å². The number of ether oxygens (including phenoxy) is 8. The van der Waals surface area contributed by atoms with E-state index >= 15 is 0 Å². The first-order valence-electron chi connectivity index (χ1n) is 19.1. The minimum Gasteiger partial charge on any atom is -0.378 e. The Labute approximate surface area is 373 Å². The zero-order chi connectivity index (χ0) is 38.3. The van der Waals surface area contributed by atoms with Crippen LogP contribution < -0.4 is 0 Å². The molecule has 3 aliphatic carbocycles. The lowest BCUT2D eigenvalue weighted by Crippen LogP contribution is -2.83. The highest BCUT2D eigenvalue weighted by Crippen LogP contribution is 2.93. The molecule has 2 aromatic heterocycles. The topological polar surface area (TPSA) is 73.8 Å². The summed E-state index contributed by atoms with van der Waals surface area (Å²) in [4.78, 5) is 3.04. The van der Waals surface area contributed by atoms with E-state index in [9.17, 15) is 0 Å². The molecule has 0 N–H and O–H groups in total. The molecule has 2 spiro atoms. The summed E-state index contributed by atoms with van der Waals surface area (Å²) in [6.07, 6.45) is 0. The molecule has 0 aromatic carbocycles. The Kier molecular flexibility index (Phi) is 16.3. The summed E-state index contributed by atoms with van der Waals surface area (Å²) in [7, 11) is 0. The maximum atomic E-state index is 6.05. The smallest absolute Gasteiger partial charge is 0.0963 e. The van der Waals surface area contributed by atoms with E-state index < -0.39 is 0 Å². The van der Waals surface area contributed by atoms with Crippen molar-refractivity contribution in [2.24, 2.45) is 0 Å². The second kappa shape index (κ2) is 20.7. The fourth-order valence-corrected chi connectivity index (χ4v) is 26.3. The van der Waals surface area contributed by atoms with Crippen molar-refractivity contribution in [3.8, 4) is 11.1 Å². The molecule has 0 amide bonds. The molecule has 2 aromatic rings. The van der Waals surface area contributed by atoms with Crippen LogP contribution in [0.5, 0.6) is 0 Å². The van der Waals surface area contributed by atoms with E-state index in [1.807, 2.05) is 69.7 Å². The molecule has 310 valence electrons. The maximum absolute atomic E-state index is 6.05. The van der Waals surface area contributed by atoms with Gasteiger partial charge in [0, 0.05) is 32.8 Å². The molecule has 8 nitrogen and oxygen atoms in total. The van der Waals surface area contributed by atoms with Gasteiger partial charge in [-0.2, -0.15) is 0 Å². The molecule has 9 rings (SSSR count). The van der Waals surface area contributed by atoms with Crippen LogP contribution in [0.4, 0.5) is 0 Å². The molecule has 0 atom stereocenters. The van der Waals surface area contributed by atoms with Crippen LogP contribution in [0.2, 0.25) is 0 Å². The highest BCUT2D eigenvalue weighted by Gasteiger charge is 2.90. The number of rotatable bonds is 0. The molecule has 7 aliphatic rings. The van der Waals surface area contributed by atoms with Gasteiger partial charge in [-0.05, 0) is 34.0 Å². The van der Waals surface area contributed by atoms with E-state index in [1.165, 1.54) is 37.8 Å². The van der Waals surface area contributed by atoms with Gasteiger partial charge in [0.1, 0.15) is 0 Å². The second-order valence-corrected chi connectivity index (χ2v) is 26.4. The molecule has 1 saturated carbocycles. The van der Waals surface area contributed by atoms with Gasteiger partial charge in [-0.15, -0.1) is 69.7 Å². The zero-order valence-corrected chi connectivity index (χ0v) is 40.0. The fourth-order valence-electron chi connectivity index (χ4n) is 7.98. The summed E-state index contributed by atoms with van der Waals surface area (Å²) >= 11 is 20.4. The van der Waals surface area contributed by atoms with Crippen molar-refractivity contribution in [2.75, 3.05) is 129 Å². The predicted octanol–water partition coefficient (Wildman–Crippen LogP) is 9.72. The van der Waals surface area contributed by atoms with Gasteiger partial charge >= 0.3 is 0 Å². The van der Waals surface area contributed by atoms with Crippen LogP contribution in [0.3, 0.4) is 0 Å². The van der Waals surface area contributed by atoms with E-state index in [1.54, 1.807) is 0 Å². The molecule has 0 unspecified atom stereocenters. The van der Waals surface area contributed by atoms with E-state index in [-0.39, 0.29) is 19.0 Å². The van der Waals surface area contributed by atoms with Crippen molar-refractivity contribution >= 4 is 117 Å². The SMILES string of the molecule is CC12c3sccc3-c3ccsc3C(C)(C13SC1=C(SCCOCCOCCOCCOCCS1)S3)C21SC2=C(SCCOCCOCCOCCOCCS2)S1. The third kappa shape index (κ3) is 8.42. The molecule has 0 radical (unpaired) electrons. The standard InChI is InChI=1S/C38H50O8S10/c1-35-29-27(3-21-47-29)28-4-22-48-30(28)36(2,37(35)53-31-32(54-37)50-24-18-44-14-10-40-6-5-39-9-13-43-17-23-49-31)38(35)55-33-34(56-38)52-26-20-46-16-12-42-8-7-41-11-15-45-19-25-51-33/h3-4,21-22H,5-20,23-26H2,1-2H3. The highest BCUT2D eigenvalue weighted by molar-refractivity contribution is 8.40. The summed E-state index contributed by atoms with van der Waals surface area (Å²) < 4.78 is 52.5. The Morgan fingerprint density at radius 3 is 0.893 bits per heavy atom. The molecule has 56 heavy (non-hydrogen) atoms. The molecule has 6 heterocycles. The van der Waals surface area contributed by atoms with Crippen molar-refractivity contribution in [1.29, 1.82) is 0 Å². The van der Waals surface area contributed by atoms with Crippen LogP contribution in [0.25, 0.3) is 11.1 Å². The van der Waals surface area contributed by atoms with E-state index in [4.69, 9.17) is 37.9 Å². The summed E-state index contributed by atoms with van der Waals surface area (Å²) in [5.41, 5.74) is 2.51. The lowest BCUT2D eigenvalue weighted by molar-refractivity contribution is 0.00147. The molecule has 2 bridgehead atoms. The highest BCUT2D eigenvalue weighted by atomic mass is 32.3. The summed E-state index contributed by atoms with van der Waals surface area (Å²) in [6, 6.07) is 4.79. The van der Waals surface area contributed by atoms with Gasteiger partial charge < -0.3 is 37.9 Å². The van der Waals surface area contributed by atoms with Gasteiger partial charge in [-0.25, -0.2) is 0 Å². The van der Waals surface area contributed by atoms with Crippen LogP contribution in [0.15, 0.2) is 39.8 Å². The number of thioether (sulfide) groups is 8. The minimum absolute atomic E-state index is 0.156. The third-order valence-electron chi connectivity index (χ3n) is 10.5. The first-order valence-corrected chi connectivity index (χ1v) is 28.1. The van der Waals surface area contributed by atoms with Crippen molar-refractivity contribution < 1.29 is 37.9 Å². The van der Waals surface area contributed by atoms with Crippen LogP contribution in [0.1, 0.15) is 23.6 Å². The summed E-state index contributed by atoms with van der Waals surface area (Å²) in [6.45, 7) is 15.1. The average molecular weight is 955 g/mol. The van der Waals surface area contributed by atoms with Crippen molar-refractivity contribution in [2.45, 2.75) is 32.8 Å². The summed E-state index contributed by atoms with van der Waals surface area (Å²) in [5, 5.41) is 4.67. The quantitative estimate of drug-likeness (QED) is 0.252. The van der Waals surface area contributed by atoms with Gasteiger partial charge in [0.25, 0.3) is 0 Å². The molecule has 4 aliphatic heterocycles. The lowest BCUT2D eigenvalue weighted by Gasteiger charge is -2.75. The number of hydrogen-bond acceptors (Lipinski definition) is 18. The molecular weight excluding hydrogens is 905 g/mol. The molecule has 0 saturated heterocycles. The number of thiophene rings is 2. The third-order valence-corrected chi connectivity index (χ3v) is 26.6. The van der Waals surface area contributed by atoms with Crippen LogP contribution in [-0.4, -0.2) is 137 Å². The average Bonchev–Trinajstić information content (AvgIpc) is 4.02. The van der Waals surface area contributed by atoms with Crippen molar-refractivity contribution in [3.63, 3.8) is 0 Å². The monoisotopic (exact) mass is 954 g/mol. The van der Waals surface area contributed by atoms with Gasteiger partial charge in [0.05, 0.1) is 142 Å². The van der Waals surface area contributed by atoms with Gasteiger partial charge in [-0.3, -0.25) is 0 Å². The largest absolute Gasteiger partial charge is 0.378 e. The van der Waals surface area contributed by atoms with Crippen LogP contribution in [-0.2, 0) is 48.7 Å². The van der Waals surface area contributed by atoms with E-state index in [0.29, 0.717) is 106 Å². The van der Waals surface area contributed by atoms with Crippen LogP contribution >= 0.6 is 117 Å². The normalized spacial score (nSPS) is 30.5. The second-order valence-electron chi connectivity index (χ2n) is 13.7. The van der Waals surface area contributed by atoms with E-state index in [2.05, 4.69) is 83.8 Å². The predicted molar refractivity (Wildman–Crippen MR) is 249 cm³/mol.